The lowest BCUT2D eigenvalue weighted by molar-refractivity contribution is -0.135. The van der Waals surface area contributed by atoms with Crippen LogP contribution in [0.3, 0.4) is 0 Å². The molecule has 4 nitrogen and oxygen atoms in total. The van der Waals surface area contributed by atoms with Gasteiger partial charge < -0.3 is 5.11 Å². The number of anilines is 1. The van der Waals surface area contributed by atoms with Gasteiger partial charge in [-0.1, -0.05) is 45.7 Å². The van der Waals surface area contributed by atoms with Crippen LogP contribution in [0.5, 0.6) is 0 Å². The van der Waals surface area contributed by atoms with E-state index in [2.05, 4.69) is 15.9 Å². The summed E-state index contributed by atoms with van der Waals surface area (Å²) in [5.41, 5.74) is 0.758. The Bertz CT molecular complexity index is 676. The quantitative estimate of drug-likeness (QED) is 0.892. The second-order valence-electron chi connectivity index (χ2n) is 4.24. The van der Waals surface area contributed by atoms with E-state index in [4.69, 9.17) is 16.7 Å². The summed E-state index contributed by atoms with van der Waals surface area (Å²) >= 11 is 9.33. The molecule has 6 heteroatoms. The summed E-state index contributed by atoms with van der Waals surface area (Å²) in [4.78, 5) is 24.8. The van der Waals surface area contributed by atoms with E-state index in [9.17, 15) is 9.59 Å². The van der Waals surface area contributed by atoms with Gasteiger partial charge in [-0.05, 0) is 30.3 Å². The lowest BCUT2D eigenvalue weighted by Gasteiger charge is -2.21. The minimum Gasteiger partial charge on any atom is -0.480 e. The Hall–Kier alpha value is -1.85. The number of rotatable bonds is 4. The zero-order chi connectivity index (χ0) is 15.4. The van der Waals surface area contributed by atoms with Crippen molar-refractivity contribution in [3.8, 4) is 0 Å². The van der Waals surface area contributed by atoms with E-state index in [1.54, 1.807) is 48.5 Å². The molecule has 0 aliphatic rings. The second kappa shape index (κ2) is 6.74. The summed E-state index contributed by atoms with van der Waals surface area (Å²) < 4.78 is 0.744. The molecule has 0 aliphatic carbocycles. The van der Waals surface area contributed by atoms with Gasteiger partial charge in [0.25, 0.3) is 5.91 Å². The molecule has 0 fully saturated rings. The maximum absolute atomic E-state index is 12.6. The van der Waals surface area contributed by atoms with Gasteiger partial charge in [0, 0.05) is 10.2 Å². The van der Waals surface area contributed by atoms with Crippen molar-refractivity contribution in [2.24, 2.45) is 0 Å². The number of hydrogen-bond acceptors (Lipinski definition) is 2. The summed E-state index contributed by atoms with van der Waals surface area (Å²) in [6.07, 6.45) is 0. The van der Waals surface area contributed by atoms with E-state index in [1.807, 2.05) is 0 Å². The first kappa shape index (κ1) is 15.5. The van der Waals surface area contributed by atoms with Crippen LogP contribution >= 0.6 is 27.5 Å². The van der Waals surface area contributed by atoms with Gasteiger partial charge in [-0.3, -0.25) is 14.5 Å². The predicted molar refractivity (Wildman–Crippen MR) is 84.9 cm³/mol. The molecule has 0 unspecified atom stereocenters. The standard InChI is InChI=1S/C15H11BrClNO3/c16-10-6-7-12(13(17)8-10)15(21)18(9-14(19)20)11-4-2-1-3-5-11/h1-8H,9H2,(H,19,20). The third kappa shape index (κ3) is 3.83. The highest BCUT2D eigenvalue weighted by Gasteiger charge is 2.22. The van der Waals surface area contributed by atoms with Gasteiger partial charge in [-0.25, -0.2) is 0 Å². The highest BCUT2D eigenvalue weighted by molar-refractivity contribution is 9.10. The monoisotopic (exact) mass is 367 g/mol. The second-order valence-corrected chi connectivity index (χ2v) is 5.57. The van der Waals surface area contributed by atoms with Crippen molar-refractivity contribution in [3.63, 3.8) is 0 Å². The lowest BCUT2D eigenvalue weighted by Crippen LogP contribution is -2.35. The Balaban J connectivity index is 2.41. The number of carbonyl (C=O) groups is 2. The van der Waals surface area contributed by atoms with Crippen LogP contribution in [0.25, 0.3) is 0 Å². The molecule has 0 atom stereocenters. The van der Waals surface area contributed by atoms with E-state index in [1.165, 1.54) is 4.90 Å². The number of nitrogens with zero attached hydrogens (tertiary/aromatic N) is 1. The van der Waals surface area contributed by atoms with Crippen molar-refractivity contribution in [2.75, 3.05) is 11.4 Å². The number of halogens is 2. The molecular formula is C15H11BrClNO3. The van der Waals surface area contributed by atoms with Gasteiger partial charge in [-0.2, -0.15) is 0 Å². The number of hydrogen-bond donors (Lipinski definition) is 1. The maximum Gasteiger partial charge on any atom is 0.323 e. The Morgan fingerprint density at radius 1 is 1.14 bits per heavy atom. The summed E-state index contributed by atoms with van der Waals surface area (Å²) in [5.74, 6) is -1.55. The molecule has 2 aromatic carbocycles. The molecule has 21 heavy (non-hydrogen) atoms. The lowest BCUT2D eigenvalue weighted by atomic mass is 10.1. The zero-order valence-electron chi connectivity index (χ0n) is 10.8. The first-order valence-corrected chi connectivity index (χ1v) is 7.20. The van der Waals surface area contributed by atoms with Crippen molar-refractivity contribution < 1.29 is 14.7 Å². The molecule has 0 aliphatic heterocycles. The number of carbonyl (C=O) groups excluding carboxylic acids is 1. The summed E-state index contributed by atoms with van der Waals surface area (Å²) in [6, 6.07) is 13.5. The molecule has 1 N–H and O–H groups in total. The van der Waals surface area contributed by atoms with E-state index in [0.29, 0.717) is 5.69 Å². The molecule has 0 saturated heterocycles. The van der Waals surface area contributed by atoms with Gasteiger partial charge in [0.2, 0.25) is 0 Å². The van der Waals surface area contributed by atoms with Gasteiger partial charge >= 0.3 is 5.97 Å². The van der Waals surface area contributed by atoms with Gasteiger partial charge in [-0.15, -0.1) is 0 Å². The van der Waals surface area contributed by atoms with Gasteiger partial charge in [0.15, 0.2) is 0 Å². The maximum atomic E-state index is 12.6. The zero-order valence-corrected chi connectivity index (χ0v) is 13.1. The topological polar surface area (TPSA) is 57.6 Å². The van der Waals surface area contributed by atoms with Crippen LogP contribution in [0.15, 0.2) is 53.0 Å². The Kier molecular flexibility index (Phi) is 4.98. The highest BCUT2D eigenvalue weighted by Crippen LogP contribution is 2.24. The molecule has 0 heterocycles. The van der Waals surface area contributed by atoms with Crippen molar-refractivity contribution in [1.82, 2.24) is 0 Å². The third-order valence-electron chi connectivity index (χ3n) is 2.77. The third-order valence-corrected chi connectivity index (χ3v) is 3.57. The largest absolute Gasteiger partial charge is 0.480 e. The minimum atomic E-state index is -1.10. The van der Waals surface area contributed by atoms with E-state index in [0.717, 1.165) is 4.47 Å². The van der Waals surface area contributed by atoms with Crippen molar-refractivity contribution in [1.29, 1.82) is 0 Å². The number of aliphatic carboxylic acids is 1. The first-order chi connectivity index (χ1) is 9.99. The molecule has 0 spiro atoms. The number of carboxylic acids is 1. The first-order valence-electron chi connectivity index (χ1n) is 6.03. The molecule has 2 rings (SSSR count). The number of amides is 1. The fourth-order valence-corrected chi connectivity index (χ4v) is 2.59. The highest BCUT2D eigenvalue weighted by atomic mass is 79.9. The molecule has 0 aromatic heterocycles. The number of para-hydroxylation sites is 1. The fraction of sp³-hybridized carbons (Fsp3) is 0.0667. The van der Waals surface area contributed by atoms with E-state index >= 15 is 0 Å². The van der Waals surface area contributed by atoms with Crippen LogP contribution in [-0.4, -0.2) is 23.5 Å². The van der Waals surface area contributed by atoms with E-state index < -0.39 is 18.4 Å². The Labute approximate surface area is 135 Å². The average Bonchev–Trinajstić information content (AvgIpc) is 2.45. The SMILES string of the molecule is O=C(O)CN(C(=O)c1ccc(Br)cc1Cl)c1ccccc1. The fourth-order valence-electron chi connectivity index (χ4n) is 1.83. The molecule has 0 saturated carbocycles. The normalized spacial score (nSPS) is 10.2. The molecule has 2 aromatic rings. The number of benzene rings is 2. The number of carboxylic acid groups (broad SMARTS) is 1. The van der Waals surface area contributed by atoms with Gasteiger partial charge in [0.05, 0.1) is 10.6 Å². The average molecular weight is 369 g/mol. The molecule has 0 bridgehead atoms. The van der Waals surface area contributed by atoms with Crippen LogP contribution in [0, 0.1) is 0 Å². The van der Waals surface area contributed by atoms with E-state index in [-0.39, 0.29) is 10.6 Å². The predicted octanol–water partition coefficient (Wildman–Crippen LogP) is 3.83. The smallest absolute Gasteiger partial charge is 0.323 e. The molecular weight excluding hydrogens is 358 g/mol. The molecule has 108 valence electrons. The summed E-state index contributed by atoms with van der Waals surface area (Å²) in [5, 5.41) is 9.28. The van der Waals surface area contributed by atoms with Crippen LogP contribution < -0.4 is 4.90 Å². The van der Waals surface area contributed by atoms with Gasteiger partial charge in [0.1, 0.15) is 6.54 Å². The Morgan fingerprint density at radius 3 is 2.38 bits per heavy atom. The van der Waals surface area contributed by atoms with Crippen LogP contribution in [0.1, 0.15) is 10.4 Å². The van der Waals surface area contributed by atoms with Crippen LogP contribution in [0.4, 0.5) is 5.69 Å². The van der Waals surface area contributed by atoms with Crippen LogP contribution in [0.2, 0.25) is 5.02 Å². The van der Waals surface area contributed by atoms with Crippen molar-refractivity contribution in [2.45, 2.75) is 0 Å². The minimum absolute atomic E-state index is 0.255. The summed E-state index contributed by atoms with van der Waals surface area (Å²) in [6.45, 7) is -0.435. The Morgan fingerprint density at radius 2 is 1.81 bits per heavy atom. The molecule has 0 radical (unpaired) electrons. The summed E-state index contributed by atoms with van der Waals surface area (Å²) in [7, 11) is 0. The van der Waals surface area contributed by atoms with Crippen molar-refractivity contribution >= 4 is 45.1 Å². The van der Waals surface area contributed by atoms with Crippen LogP contribution in [-0.2, 0) is 4.79 Å². The van der Waals surface area contributed by atoms with Crippen molar-refractivity contribution in [3.05, 3.63) is 63.6 Å². The molecule has 1 amide bonds.